The maximum absolute atomic E-state index is 12.5. The molecule has 0 spiro atoms. The summed E-state index contributed by atoms with van der Waals surface area (Å²) in [5.74, 6) is 1.05. The Morgan fingerprint density at radius 1 is 1.14 bits per heavy atom. The molecule has 0 saturated carbocycles. The molecular weight excluding hydrogens is 374 g/mol. The summed E-state index contributed by atoms with van der Waals surface area (Å²) >= 11 is 5.93. The van der Waals surface area contributed by atoms with E-state index < -0.39 is 0 Å². The van der Waals surface area contributed by atoms with Crippen molar-refractivity contribution in [3.8, 4) is 11.4 Å². The monoisotopic (exact) mass is 397 g/mol. The second-order valence-corrected chi connectivity index (χ2v) is 7.32. The van der Waals surface area contributed by atoms with Crippen LogP contribution >= 0.6 is 11.6 Å². The predicted octanol–water partition coefficient (Wildman–Crippen LogP) is 5.23. The first-order chi connectivity index (χ1) is 13.6. The summed E-state index contributed by atoms with van der Waals surface area (Å²) in [5.41, 5.74) is 1.96. The molecule has 0 bridgehead atoms. The summed E-state index contributed by atoms with van der Waals surface area (Å²) < 4.78 is 5.49. The SMILES string of the molecule is CC[C@@H](C)[C@H](NC(=O)CCc1ccccc1)c1nc(-c2ccc(Cl)cc2)no1. The molecule has 0 aliphatic rings. The van der Waals surface area contributed by atoms with Gasteiger partial charge < -0.3 is 9.84 Å². The first-order valence-corrected chi connectivity index (χ1v) is 9.87. The number of carbonyl (C=O) groups is 1. The third-order valence-corrected chi connectivity index (χ3v) is 5.08. The summed E-state index contributed by atoms with van der Waals surface area (Å²) in [4.78, 5) is 17.0. The van der Waals surface area contributed by atoms with Gasteiger partial charge in [-0.3, -0.25) is 4.79 Å². The van der Waals surface area contributed by atoms with Crippen molar-refractivity contribution in [2.45, 2.75) is 39.2 Å². The Labute approximate surface area is 170 Å². The summed E-state index contributed by atoms with van der Waals surface area (Å²) in [7, 11) is 0. The molecule has 2 aromatic carbocycles. The lowest BCUT2D eigenvalue weighted by atomic mass is 9.98. The molecule has 0 radical (unpaired) electrons. The van der Waals surface area contributed by atoms with Crippen molar-refractivity contribution in [3.05, 3.63) is 71.1 Å². The molecule has 1 amide bonds. The van der Waals surface area contributed by atoms with Crippen molar-refractivity contribution in [2.24, 2.45) is 5.92 Å². The molecule has 146 valence electrons. The van der Waals surface area contributed by atoms with E-state index in [-0.39, 0.29) is 17.9 Å². The number of aryl methyl sites for hydroxylation is 1. The topological polar surface area (TPSA) is 68.0 Å². The lowest BCUT2D eigenvalue weighted by Crippen LogP contribution is -2.32. The molecule has 0 saturated heterocycles. The van der Waals surface area contributed by atoms with Crippen LogP contribution in [0.3, 0.4) is 0 Å². The number of nitrogens with one attached hydrogen (secondary N) is 1. The lowest BCUT2D eigenvalue weighted by Gasteiger charge is -2.20. The number of amides is 1. The van der Waals surface area contributed by atoms with E-state index in [1.807, 2.05) is 42.5 Å². The Bertz CT molecular complexity index is 894. The smallest absolute Gasteiger partial charge is 0.249 e. The maximum atomic E-state index is 12.5. The molecule has 6 heteroatoms. The van der Waals surface area contributed by atoms with Gasteiger partial charge in [0.1, 0.15) is 6.04 Å². The molecule has 0 aliphatic heterocycles. The quantitative estimate of drug-likeness (QED) is 0.565. The van der Waals surface area contributed by atoms with Gasteiger partial charge >= 0.3 is 0 Å². The zero-order valence-corrected chi connectivity index (χ0v) is 16.8. The van der Waals surface area contributed by atoms with Crippen LogP contribution in [0.25, 0.3) is 11.4 Å². The molecule has 1 aromatic heterocycles. The van der Waals surface area contributed by atoms with Gasteiger partial charge in [0.25, 0.3) is 0 Å². The summed E-state index contributed by atoms with van der Waals surface area (Å²) in [6, 6.07) is 16.9. The third-order valence-electron chi connectivity index (χ3n) is 4.82. The number of carbonyl (C=O) groups excluding carboxylic acids is 1. The van der Waals surface area contributed by atoms with Gasteiger partial charge in [0.05, 0.1) is 0 Å². The van der Waals surface area contributed by atoms with E-state index in [0.29, 0.717) is 29.6 Å². The van der Waals surface area contributed by atoms with E-state index in [0.717, 1.165) is 17.5 Å². The Morgan fingerprint density at radius 3 is 2.54 bits per heavy atom. The highest BCUT2D eigenvalue weighted by Gasteiger charge is 2.26. The minimum absolute atomic E-state index is 0.0274. The fourth-order valence-electron chi connectivity index (χ4n) is 2.91. The number of benzene rings is 2. The van der Waals surface area contributed by atoms with Crippen LogP contribution < -0.4 is 5.32 Å². The van der Waals surface area contributed by atoms with Crippen molar-refractivity contribution in [1.82, 2.24) is 15.5 Å². The van der Waals surface area contributed by atoms with E-state index in [2.05, 4.69) is 29.3 Å². The van der Waals surface area contributed by atoms with Crippen LogP contribution in [0, 0.1) is 5.92 Å². The largest absolute Gasteiger partial charge is 0.344 e. The molecule has 2 atom stereocenters. The minimum Gasteiger partial charge on any atom is -0.344 e. The molecule has 28 heavy (non-hydrogen) atoms. The molecular formula is C22H24ClN3O2. The zero-order valence-electron chi connectivity index (χ0n) is 16.1. The van der Waals surface area contributed by atoms with Gasteiger partial charge in [-0.1, -0.05) is 67.4 Å². The third kappa shape index (κ3) is 5.20. The van der Waals surface area contributed by atoms with E-state index in [1.165, 1.54) is 0 Å². The summed E-state index contributed by atoms with van der Waals surface area (Å²) in [6.07, 6.45) is 1.98. The van der Waals surface area contributed by atoms with Crippen molar-refractivity contribution in [3.63, 3.8) is 0 Å². The Hall–Kier alpha value is -2.66. The van der Waals surface area contributed by atoms with Gasteiger partial charge in [0.15, 0.2) is 0 Å². The average Bonchev–Trinajstić information content (AvgIpc) is 3.21. The number of nitrogens with zero attached hydrogens (tertiary/aromatic N) is 2. The molecule has 0 unspecified atom stereocenters. The number of rotatable bonds is 8. The summed E-state index contributed by atoms with van der Waals surface area (Å²) in [5, 5.41) is 7.79. The molecule has 1 heterocycles. The minimum atomic E-state index is -0.318. The average molecular weight is 398 g/mol. The molecule has 1 N–H and O–H groups in total. The highest BCUT2D eigenvalue weighted by molar-refractivity contribution is 6.30. The zero-order chi connectivity index (χ0) is 19.9. The van der Waals surface area contributed by atoms with Gasteiger partial charge in [-0.2, -0.15) is 4.98 Å². The van der Waals surface area contributed by atoms with E-state index in [4.69, 9.17) is 16.1 Å². The van der Waals surface area contributed by atoms with Crippen LogP contribution in [0.5, 0.6) is 0 Å². The van der Waals surface area contributed by atoms with Crippen LogP contribution in [0.15, 0.2) is 59.1 Å². The molecule has 5 nitrogen and oxygen atoms in total. The summed E-state index contributed by atoms with van der Waals surface area (Å²) in [6.45, 7) is 4.14. The van der Waals surface area contributed by atoms with Gasteiger partial charge in [-0.05, 0) is 42.2 Å². The Kier molecular flexibility index (Phi) is 6.82. The molecule has 3 aromatic rings. The standard InChI is InChI=1S/C22H24ClN3O2/c1-3-15(2)20(24-19(27)14-9-16-7-5-4-6-8-16)22-25-21(26-28-22)17-10-12-18(23)13-11-17/h4-8,10-13,15,20H,3,9,14H2,1-2H3,(H,24,27)/t15-,20+/m1/s1. The highest BCUT2D eigenvalue weighted by atomic mass is 35.5. The van der Waals surface area contributed by atoms with E-state index in [1.54, 1.807) is 12.1 Å². The van der Waals surface area contributed by atoms with Crippen LogP contribution in [0.4, 0.5) is 0 Å². The van der Waals surface area contributed by atoms with Crippen LogP contribution in [-0.4, -0.2) is 16.0 Å². The first-order valence-electron chi connectivity index (χ1n) is 9.49. The number of hydrogen-bond acceptors (Lipinski definition) is 4. The van der Waals surface area contributed by atoms with Crippen molar-refractivity contribution in [1.29, 1.82) is 0 Å². The number of aromatic nitrogens is 2. The maximum Gasteiger partial charge on any atom is 0.249 e. The van der Waals surface area contributed by atoms with Crippen LogP contribution in [-0.2, 0) is 11.2 Å². The lowest BCUT2D eigenvalue weighted by molar-refractivity contribution is -0.122. The van der Waals surface area contributed by atoms with Crippen molar-refractivity contribution < 1.29 is 9.32 Å². The second-order valence-electron chi connectivity index (χ2n) is 6.88. The highest BCUT2D eigenvalue weighted by Crippen LogP contribution is 2.26. The van der Waals surface area contributed by atoms with Crippen molar-refractivity contribution >= 4 is 17.5 Å². The number of hydrogen-bond donors (Lipinski definition) is 1. The van der Waals surface area contributed by atoms with E-state index in [9.17, 15) is 4.79 Å². The predicted molar refractivity (Wildman–Crippen MR) is 110 cm³/mol. The van der Waals surface area contributed by atoms with Gasteiger partial charge in [0.2, 0.25) is 17.6 Å². The fourth-order valence-corrected chi connectivity index (χ4v) is 3.03. The van der Waals surface area contributed by atoms with E-state index >= 15 is 0 Å². The molecule has 3 rings (SSSR count). The normalized spacial score (nSPS) is 13.1. The van der Waals surface area contributed by atoms with Gasteiger partial charge in [0, 0.05) is 17.0 Å². The second kappa shape index (κ2) is 9.51. The Morgan fingerprint density at radius 2 is 1.86 bits per heavy atom. The molecule has 0 aliphatic carbocycles. The van der Waals surface area contributed by atoms with Crippen LogP contribution in [0.2, 0.25) is 5.02 Å². The molecule has 0 fully saturated rings. The fraction of sp³-hybridized carbons (Fsp3) is 0.318. The Balaban J connectivity index is 1.70. The van der Waals surface area contributed by atoms with Gasteiger partial charge in [-0.25, -0.2) is 0 Å². The first kappa shape index (κ1) is 20.1. The van der Waals surface area contributed by atoms with Crippen molar-refractivity contribution in [2.75, 3.05) is 0 Å². The van der Waals surface area contributed by atoms with Crippen LogP contribution in [0.1, 0.15) is 44.2 Å². The number of halogens is 1. The van der Waals surface area contributed by atoms with Gasteiger partial charge in [-0.15, -0.1) is 0 Å².